The number of carboxylic acid groups (broad SMARTS) is 1. The third kappa shape index (κ3) is 2.55. The van der Waals surface area contributed by atoms with Crippen LogP contribution >= 0.6 is 0 Å². The lowest BCUT2D eigenvalue weighted by molar-refractivity contribution is 0.0676. The van der Waals surface area contributed by atoms with Crippen molar-refractivity contribution in [1.29, 1.82) is 0 Å². The first-order chi connectivity index (χ1) is 10.6. The van der Waals surface area contributed by atoms with Crippen LogP contribution in [0.1, 0.15) is 32.0 Å². The lowest BCUT2D eigenvalue weighted by Crippen LogP contribution is -2.37. The Labute approximate surface area is 126 Å². The van der Waals surface area contributed by atoms with Crippen molar-refractivity contribution in [1.82, 2.24) is 9.88 Å². The summed E-state index contributed by atoms with van der Waals surface area (Å²) in [7, 11) is 0. The average Bonchev–Trinajstić information content (AvgIpc) is 2.53. The number of halogens is 1. The third-order valence-corrected chi connectivity index (χ3v) is 3.70. The number of carbonyl (C=O) groups excluding carboxylic acids is 1. The zero-order valence-corrected chi connectivity index (χ0v) is 11.6. The molecule has 0 saturated carbocycles. The molecule has 3 rings (SSSR count). The van der Waals surface area contributed by atoms with Gasteiger partial charge in [0, 0.05) is 42.5 Å². The minimum absolute atomic E-state index is 0.154. The second kappa shape index (κ2) is 5.55. The molecular formula is C16H13FN2O3. The lowest BCUT2D eigenvalue weighted by Gasteiger charge is -2.29. The van der Waals surface area contributed by atoms with E-state index in [2.05, 4.69) is 4.98 Å². The Morgan fingerprint density at radius 3 is 2.82 bits per heavy atom. The van der Waals surface area contributed by atoms with Crippen LogP contribution in [0.25, 0.3) is 0 Å². The molecule has 0 bridgehead atoms. The Kier molecular flexibility index (Phi) is 3.58. The molecule has 2 aromatic rings. The summed E-state index contributed by atoms with van der Waals surface area (Å²) in [6, 6.07) is 6.90. The number of fused-ring (bicyclic) bond motifs is 1. The van der Waals surface area contributed by atoms with E-state index in [1.165, 1.54) is 35.4 Å². The Bertz CT molecular complexity index is 761. The highest BCUT2D eigenvalue weighted by Crippen LogP contribution is 2.22. The van der Waals surface area contributed by atoms with E-state index in [9.17, 15) is 19.1 Å². The van der Waals surface area contributed by atoms with Gasteiger partial charge in [-0.15, -0.1) is 0 Å². The summed E-state index contributed by atoms with van der Waals surface area (Å²) in [6.07, 6.45) is 1.95. The molecule has 0 aliphatic carbocycles. The second-order valence-electron chi connectivity index (χ2n) is 5.08. The van der Waals surface area contributed by atoms with Crippen LogP contribution < -0.4 is 0 Å². The first-order valence-electron chi connectivity index (χ1n) is 6.81. The quantitative estimate of drug-likeness (QED) is 0.922. The van der Waals surface area contributed by atoms with Crippen molar-refractivity contribution >= 4 is 11.9 Å². The van der Waals surface area contributed by atoms with Gasteiger partial charge in [0.05, 0.1) is 5.56 Å². The first-order valence-corrected chi connectivity index (χ1v) is 6.81. The number of benzene rings is 1. The molecule has 2 heterocycles. The van der Waals surface area contributed by atoms with Gasteiger partial charge in [-0.3, -0.25) is 9.78 Å². The van der Waals surface area contributed by atoms with Crippen LogP contribution in [0.15, 0.2) is 36.5 Å². The number of rotatable bonds is 2. The zero-order valence-electron chi connectivity index (χ0n) is 11.6. The van der Waals surface area contributed by atoms with E-state index in [-0.39, 0.29) is 23.6 Å². The van der Waals surface area contributed by atoms with Crippen molar-refractivity contribution in [2.24, 2.45) is 0 Å². The minimum atomic E-state index is -1.04. The van der Waals surface area contributed by atoms with Crippen molar-refractivity contribution in [3.8, 4) is 0 Å². The second-order valence-corrected chi connectivity index (χ2v) is 5.08. The number of amides is 1. The summed E-state index contributed by atoms with van der Waals surface area (Å²) in [5.41, 5.74) is 1.65. The van der Waals surface area contributed by atoms with Gasteiger partial charge in [0.1, 0.15) is 5.82 Å². The number of hydrogen-bond donors (Lipinski definition) is 1. The van der Waals surface area contributed by atoms with Gasteiger partial charge in [-0.25, -0.2) is 9.18 Å². The molecule has 1 aromatic carbocycles. The number of carboxylic acids is 1. The Morgan fingerprint density at radius 1 is 1.27 bits per heavy atom. The van der Waals surface area contributed by atoms with Gasteiger partial charge in [0.25, 0.3) is 5.91 Å². The molecule has 0 unspecified atom stereocenters. The predicted octanol–water partition coefficient (Wildman–Crippen LogP) is 2.12. The fourth-order valence-corrected chi connectivity index (χ4v) is 2.62. The number of pyridine rings is 1. The third-order valence-electron chi connectivity index (χ3n) is 3.70. The smallest absolute Gasteiger partial charge is 0.336 e. The average molecular weight is 300 g/mol. The monoisotopic (exact) mass is 300 g/mol. The molecule has 0 atom stereocenters. The highest BCUT2D eigenvalue weighted by Gasteiger charge is 2.26. The summed E-state index contributed by atoms with van der Waals surface area (Å²) in [5, 5.41) is 9.24. The van der Waals surface area contributed by atoms with Crippen LogP contribution in [0, 0.1) is 5.82 Å². The molecule has 1 amide bonds. The topological polar surface area (TPSA) is 70.5 Å². The molecule has 6 heteroatoms. The molecule has 0 saturated heterocycles. The van der Waals surface area contributed by atoms with Gasteiger partial charge in [-0.05, 0) is 24.3 Å². The molecule has 1 aliphatic heterocycles. The standard InChI is InChI=1S/C16H13FN2O3/c17-11-3-1-2-10(8-11)15(20)19-7-5-14-13(9-19)12(16(21)22)4-6-18-14/h1-4,6,8H,5,7,9H2,(H,21,22). The van der Waals surface area contributed by atoms with E-state index in [0.717, 1.165) is 0 Å². The maximum atomic E-state index is 13.2. The van der Waals surface area contributed by atoms with Crippen LogP contribution in [0.5, 0.6) is 0 Å². The van der Waals surface area contributed by atoms with Crippen molar-refractivity contribution in [3.63, 3.8) is 0 Å². The summed E-state index contributed by atoms with van der Waals surface area (Å²) in [4.78, 5) is 29.4. The first kappa shape index (κ1) is 14.2. The molecule has 22 heavy (non-hydrogen) atoms. The Balaban J connectivity index is 1.91. The van der Waals surface area contributed by atoms with Gasteiger partial charge in [0.15, 0.2) is 0 Å². The summed E-state index contributed by atoms with van der Waals surface area (Å²) in [5.74, 6) is -1.83. The van der Waals surface area contributed by atoms with Crippen molar-refractivity contribution in [2.75, 3.05) is 6.54 Å². The highest BCUT2D eigenvalue weighted by atomic mass is 19.1. The van der Waals surface area contributed by atoms with Crippen molar-refractivity contribution in [2.45, 2.75) is 13.0 Å². The van der Waals surface area contributed by atoms with Crippen LogP contribution in [-0.2, 0) is 13.0 Å². The Morgan fingerprint density at radius 2 is 2.09 bits per heavy atom. The predicted molar refractivity (Wildman–Crippen MR) is 76.0 cm³/mol. The largest absolute Gasteiger partial charge is 0.478 e. The van der Waals surface area contributed by atoms with Crippen LogP contribution in [0.4, 0.5) is 4.39 Å². The number of aromatic nitrogens is 1. The van der Waals surface area contributed by atoms with Crippen LogP contribution in [0.2, 0.25) is 0 Å². The number of carbonyl (C=O) groups is 2. The van der Waals surface area contributed by atoms with E-state index in [0.29, 0.717) is 24.2 Å². The molecule has 1 N–H and O–H groups in total. The van der Waals surface area contributed by atoms with Crippen molar-refractivity contribution in [3.05, 3.63) is 64.7 Å². The molecule has 112 valence electrons. The van der Waals surface area contributed by atoms with Gasteiger partial charge >= 0.3 is 5.97 Å². The van der Waals surface area contributed by atoms with Gasteiger partial charge in [0.2, 0.25) is 0 Å². The zero-order chi connectivity index (χ0) is 15.7. The van der Waals surface area contributed by atoms with E-state index in [4.69, 9.17) is 0 Å². The van der Waals surface area contributed by atoms with E-state index in [1.54, 1.807) is 6.07 Å². The number of aromatic carboxylic acids is 1. The van der Waals surface area contributed by atoms with E-state index >= 15 is 0 Å². The SMILES string of the molecule is O=C(O)c1ccnc2c1CN(C(=O)c1cccc(F)c1)CC2. The number of nitrogens with zero attached hydrogens (tertiary/aromatic N) is 2. The highest BCUT2D eigenvalue weighted by molar-refractivity contribution is 5.95. The summed E-state index contributed by atoms with van der Waals surface area (Å²) < 4.78 is 13.2. The fourth-order valence-electron chi connectivity index (χ4n) is 2.62. The molecule has 0 spiro atoms. The van der Waals surface area contributed by atoms with Crippen LogP contribution in [0.3, 0.4) is 0 Å². The van der Waals surface area contributed by atoms with Gasteiger partial charge in [-0.2, -0.15) is 0 Å². The molecule has 5 nitrogen and oxygen atoms in total. The van der Waals surface area contributed by atoms with Crippen LogP contribution in [-0.4, -0.2) is 33.4 Å². The van der Waals surface area contributed by atoms with Crippen molar-refractivity contribution < 1.29 is 19.1 Å². The maximum Gasteiger partial charge on any atom is 0.336 e. The molecule has 1 aromatic heterocycles. The summed E-state index contributed by atoms with van der Waals surface area (Å²) >= 11 is 0. The van der Waals surface area contributed by atoms with Gasteiger partial charge < -0.3 is 10.0 Å². The number of hydrogen-bond acceptors (Lipinski definition) is 3. The lowest BCUT2D eigenvalue weighted by atomic mass is 9.99. The fraction of sp³-hybridized carbons (Fsp3) is 0.188. The minimum Gasteiger partial charge on any atom is -0.478 e. The van der Waals surface area contributed by atoms with E-state index in [1.807, 2.05) is 0 Å². The normalized spacial score (nSPS) is 13.6. The molecule has 0 fully saturated rings. The Hall–Kier alpha value is -2.76. The molecule has 0 radical (unpaired) electrons. The maximum absolute atomic E-state index is 13.2. The summed E-state index contributed by atoms with van der Waals surface area (Å²) in [6.45, 7) is 0.596. The molecule has 1 aliphatic rings. The van der Waals surface area contributed by atoms with E-state index < -0.39 is 11.8 Å². The van der Waals surface area contributed by atoms with Gasteiger partial charge in [-0.1, -0.05) is 6.07 Å². The molecular weight excluding hydrogens is 287 g/mol.